The molecule has 0 saturated carbocycles. The number of nitrogens with two attached hydrogens (primary N) is 1. The minimum absolute atomic E-state index is 0.0327. The molecule has 2 aromatic rings. The van der Waals surface area contributed by atoms with Gasteiger partial charge in [0, 0.05) is 11.8 Å². The van der Waals surface area contributed by atoms with E-state index < -0.39 is 23.6 Å². The van der Waals surface area contributed by atoms with Gasteiger partial charge in [-0.1, -0.05) is 6.07 Å². The Kier molecular flexibility index (Phi) is 4.37. The predicted octanol–water partition coefficient (Wildman–Crippen LogP) is 2.95. The quantitative estimate of drug-likeness (QED) is 0.852. The molecule has 0 heterocycles. The topological polar surface area (TPSA) is 64.3 Å². The average molecular weight is 292 g/mol. The highest BCUT2D eigenvalue weighted by Crippen LogP contribution is 2.19. The van der Waals surface area contributed by atoms with Gasteiger partial charge >= 0.3 is 0 Å². The summed E-state index contributed by atoms with van der Waals surface area (Å²) < 4.78 is 31.8. The largest absolute Gasteiger partial charge is 0.481 e. The van der Waals surface area contributed by atoms with Crippen molar-refractivity contribution in [2.45, 2.75) is 13.0 Å². The molecule has 0 aliphatic rings. The molecule has 0 aromatic heterocycles. The second-order valence-electron chi connectivity index (χ2n) is 4.45. The third-order valence-corrected chi connectivity index (χ3v) is 2.73. The molecule has 2 rings (SSSR count). The van der Waals surface area contributed by atoms with Gasteiger partial charge in [0.1, 0.15) is 17.4 Å². The van der Waals surface area contributed by atoms with Crippen molar-refractivity contribution in [3.05, 3.63) is 54.1 Å². The van der Waals surface area contributed by atoms with Crippen molar-refractivity contribution in [3.8, 4) is 5.75 Å². The fourth-order valence-electron chi connectivity index (χ4n) is 1.67. The van der Waals surface area contributed by atoms with Crippen LogP contribution in [0.15, 0.2) is 42.5 Å². The van der Waals surface area contributed by atoms with E-state index in [0.29, 0.717) is 5.69 Å². The summed E-state index contributed by atoms with van der Waals surface area (Å²) >= 11 is 0. The number of hydrogen-bond donors (Lipinski definition) is 2. The number of carbonyl (C=O) groups is 1. The van der Waals surface area contributed by atoms with Crippen LogP contribution in [0.4, 0.5) is 20.2 Å². The fourth-order valence-corrected chi connectivity index (χ4v) is 1.67. The lowest BCUT2D eigenvalue weighted by molar-refractivity contribution is -0.122. The molecule has 0 aliphatic carbocycles. The highest BCUT2D eigenvalue weighted by Gasteiger charge is 2.16. The summed E-state index contributed by atoms with van der Waals surface area (Å²) in [6.07, 6.45) is -0.923. The lowest BCUT2D eigenvalue weighted by Crippen LogP contribution is -2.30. The van der Waals surface area contributed by atoms with Crippen molar-refractivity contribution >= 4 is 17.3 Å². The van der Waals surface area contributed by atoms with Crippen LogP contribution in [0.25, 0.3) is 0 Å². The van der Waals surface area contributed by atoms with E-state index in [-0.39, 0.29) is 11.4 Å². The first-order chi connectivity index (χ1) is 9.95. The molecule has 21 heavy (non-hydrogen) atoms. The smallest absolute Gasteiger partial charge is 0.265 e. The van der Waals surface area contributed by atoms with Gasteiger partial charge in [0.25, 0.3) is 5.91 Å². The molecular formula is C15H14F2N2O2. The summed E-state index contributed by atoms with van der Waals surface area (Å²) in [6.45, 7) is 1.48. The number of benzene rings is 2. The Bertz CT molecular complexity index is 662. The van der Waals surface area contributed by atoms with Gasteiger partial charge in [0.2, 0.25) is 0 Å². The zero-order valence-corrected chi connectivity index (χ0v) is 11.3. The zero-order chi connectivity index (χ0) is 15.4. The van der Waals surface area contributed by atoms with Crippen LogP contribution in [-0.4, -0.2) is 12.0 Å². The van der Waals surface area contributed by atoms with E-state index in [1.807, 2.05) is 0 Å². The van der Waals surface area contributed by atoms with Crippen LogP contribution in [0.5, 0.6) is 5.75 Å². The van der Waals surface area contributed by atoms with Crippen molar-refractivity contribution in [1.82, 2.24) is 0 Å². The van der Waals surface area contributed by atoms with Crippen LogP contribution < -0.4 is 15.8 Å². The fraction of sp³-hybridized carbons (Fsp3) is 0.133. The third-order valence-electron chi connectivity index (χ3n) is 2.73. The number of nitrogen functional groups attached to an aromatic ring is 1. The molecule has 0 spiro atoms. The van der Waals surface area contributed by atoms with Gasteiger partial charge in [0.05, 0.1) is 5.69 Å². The number of carbonyl (C=O) groups excluding carboxylic acids is 1. The van der Waals surface area contributed by atoms with Crippen molar-refractivity contribution in [3.63, 3.8) is 0 Å². The van der Waals surface area contributed by atoms with Crippen LogP contribution in [0.2, 0.25) is 0 Å². The van der Waals surface area contributed by atoms with Gasteiger partial charge in [-0.15, -0.1) is 0 Å². The summed E-state index contributed by atoms with van der Waals surface area (Å²) in [7, 11) is 0. The van der Waals surface area contributed by atoms with Gasteiger partial charge < -0.3 is 15.8 Å². The first-order valence-electron chi connectivity index (χ1n) is 6.24. The SMILES string of the molecule is CC(Oc1cccc(F)c1)C(=O)Nc1cc(N)ccc1F. The van der Waals surface area contributed by atoms with E-state index in [1.165, 1.54) is 37.3 Å². The number of hydrogen-bond acceptors (Lipinski definition) is 3. The summed E-state index contributed by atoms with van der Waals surface area (Å²) in [5, 5.41) is 2.37. The lowest BCUT2D eigenvalue weighted by Gasteiger charge is -2.15. The summed E-state index contributed by atoms with van der Waals surface area (Å²) in [4.78, 5) is 11.9. The van der Waals surface area contributed by atoms with Gasteiger partial charge in [-0.25, -0.2) is 8.78 Å². The number of amides is 1. The molecule has 4 nitrogen and oxygen atoms in total. The third kappa shape index (κ3) is 3.92. The number of ether oxygens (including phenoxy) is 1. The number of halogens is 2. The summed E-state index contributed by atoms with van der Waals surface area (Å²) in [5.74, 6) is -1.42. The van der Waals surface area contributed by atoms with Crippen LogP contribution in [0.3, 0.4) is 0 Å². The Morgan fingerprint density at radius 2 is 2.00 bits per heavy atom. The second kappa shape index (κ2) is 6.21. The average Bonchev–Trinajstić information content (AvgIpc) is 2.43. The second-order valence-corrected chi connectivity index (χ2v) is 4.45. The Morgan fingerprint density at radius 1 is 1.24 bits per heavy atom. The molecular weight excluding hydrogens is 278 g/mol. The first kappa shape index (κ1) is 14.8. The molecule has 0 saturated heterocycles. The Hall–Kier alpha value is -2.63. The van der Waals surface area contributed by atoms with Gasteiger partial charge in [-0.05, 0) is 37.3 Å². The molecule has 0 bridgehead atoms. The van der Waals surface area contributed by atoms with Crippen molar-refractivity contribution in [1.29, 1.82) is 0 Å². The summed E-state index contributed by atoms with van der Waals surface area (Å²) in [5.41, 5.74) is 5.82. The van der Waals surface area contributed by atoms with E-state index >= 15 is 0 Å². The first-order valence-corrected chi connectivity index (χ1v) is 6.24. The Balaban J connectivity index is 2.04. The number of rotatable bonds is 4. The highest BCUT2D eigenvalue weighted by atomic mass is 19.1. The van der Waals surface area contributed by atoms with Crippen LogP contribution in [0, 0.1) is 11.6 Å². The predicted molar refractivity (Wildman–Crippen MR) is 75.9 cm³/mol. The maximum absolute atomic E-state index is 13.5. The minimum Gasteiger partial charge on any atom is -0.481 e. The van der Waals surface area contributed by atoms with E-state index in [9.17, 15) is 13.6 Å². The van der Waals surface area contributed by atoms with E-state index in [0.717, 1.165) is 12.1 Å². The molecule has 110 valence electrons. The van der Waals surface area contributed by atoms with Crippen molar-refractivity contribution in [2.75, 3.05) is 11.1 Å². The molecule has 1 unspecified atom stereocenters. The van der Waals surface area contributed by atoms with Crippen molar-refractivity contribution < 1.29 is 18.3 Å². The van der Waals surface area contributed by atoms with Crippen LogP contribution >= 0.6 is 0 Å². The number of nitrogens with one attached hydrogen (secondary N) is 1. The lowest BCUT2D eigenvalue weighted by atomic mass is 10.2. The Labute approximate surface area is 120 Å². The van der Waals surface area contributed by atoms with Crippen molar-refractivity contribution in [2.24, 2.45) is 0 Å². The maximum atomic E-state index is 13.5. The van der Waals surface area contributed by atoms with Crippen LogP contribution in [0.1, 0.15) is 6.92 Å². The van der Waals surface area contributed by atoms with Gasteiger partial charge in [0.15, 0.2) is 6.10 Å². The zero-order valence-electron chi connectivity index (χ0n) is 11.3. The minimum atomic E-state index is -0.923. The molecule has 0 aliphatic heterocycles. The molecule has 1 amide bonds. The molecule has 0 fully saturated rings. The van der Waals surface area contributed by atoms with Gasteiger partial charge in [-0.3, -0.25) is 4.79 Å². The van der Waals surface area contributed by atoms with E-state index in [4.69, 9.17) is 10.5 Å². The van der Waals surface area contributed by atoms with Crippen LogP contribution in [-0.2, 0) is 4.79 Å². The molecule has 0 radical (unpaired) electrons. The molecule has 1 atom stereocenters. The normalized spacial score (nSPS) is 11.8. The molecule has 2 aromatic carbocycles. The van der Waals surface area contributed by atoms with Gasteiger partial charge in [-0.2, -0.15) is 0 Å². The van der Waals surface area contributed by atoms with E-state index in [1.54, 1.807) is 0 Å². The molecule has 3 N–H and O–H groups in total. The number of anilines is 2. The molecule has 6 heteroatoms. The maximum Gasteiger partial charge on any atom is 0.265 e. The standard InChI is InChI=1S/C15H14F2N2O2/c1-9(21-12-4-2-3-10(16)7-12)15(20)19-14-8-11(18)5-6-13(14)17/h2-9H,18H2,1H3,(H,19,20). The van der Waals surface area contributed by atoms with E-state index in [2.05, 4.69) is 5.32 Å². The Morgan fingerprint density at radius 3 is 2.71 bits per heavy atom. The monoisotopic (exact) mass is 292 g/mol. The highest BCUT2D eigenvalue weighted by molar-refractivity contribution is 5.94. The summed E-state index contributed by atoms with van der Waals surface area (Å²) in [6, 6.07) is 9.26.